The lowest BCUT2D eigenvalue weighted by Gasteiger charge is -2.44. The van der Waals surface area contributed by atoms with Gasteiger partial charge in [-0.15, -0.1) is 11.3 Å². The molecule has 2 fully saturated rings. The van der Waals surface area contributed by atoms with Gasteiger partial charge in [0.15, 0.2) is 0 Å². The van der Waals surface area contributed by atoms with Crippen molar-refractivity contribution in [2.45, 2.75) is 50.8 Å². The van der Waals surface area contributed by atoms with Crippen molar-refractivity contribution < 1.29 is 0 Å². The van der Waals surface area contributed by atoms with Crippen LogP contribution in [0, 0.1) is 13.8 Å². The largest absolute Gasteiger partial charge is 0.351 e. The van der Waals surface area contributed by atoms with Crippen LogP contribution in [0.2, 0.25) is 0 Å². The Balaban J connectivity index is 1.82. The third-order valence-corrected chi connectivity index (χ3v) is 7.10. The summed E-state index contributed by atoms with van der Waals surface area (Å²) in [5.41, 5.74) is 1.33. The molecule has 1 aliphatic carbocycles. The zero-order valence-corrected chi connectivity index (χ0v) is 14.3. The first-order chi connectivity index (χ1) is 10.2. The standard InChI is InChI=1S/C16H21N3S2/c1-10-9-21-16-14(10)15(17-11(2)18-16)19-7-8-20-13-6-4-3-5-12(13)19/h9,12-13H,3-8H2,1-2H3. The molecular weight excluding hydrogens is 298 g/mol. The smallest absolute Gasteiger partial charge is 0.141 e. The molecule has 1 aliphatic heterocycles. The predicted octanol–water partition coefficient (Wildman–Crippen LogP) is 4.17. The summed E-state index contributed by atoms with van der Waals surface area (Å²) in [4.78, 5) is 13.3. The average molecular weight is 319 g/mol. The first-order valence-electron chi connectivity index (χ1n) is 7.85. The molecule has 0 bridgehead atoms. The summed E-state index contributed by atoms with van der Waals surface area (Å²) in [6.45, 7) is 5.35. The minimum absolute atomic E-state index is 0.675. The van der Waals surface area contributed by atoms with Crippen LogP contribution in [0.25, 0.3) is 10.2 Å². The molecule has 1 saturated heterocycles. The van der Waals surface area contributed by atoms with Gasteiger partial charge in [0, 0.05) is 23.6 Å². The first-order valence-corrected chi connectivity index (χ1v) is 9.77. The molecular formula is C16H21N3S2. The Morgan fingerprint density at radius 1 is 1.19 bits per heavy atom. The van der Waals surface area contributed by atoms with Gasteiger partial charge < -0.3 is 4.90 Å². The number of thioether (sulfide) groups is 1. The molecule has 0 aromatic carbocycles. The van der Waals surface area contributed by atoms with Crippen molar-refractivity contribution in [2.24, 2.45) is 0 Å². The van der Waals surface area contributed by atoms with Crippen LogP contribution in [0.5, 0.6) is 0 Å². The Morgan fingerprint density at radius 3 is 2.95 bits per heavy atom. The maximum atomic E-state index is 4.86. The molecule has 2 unspecified atom stereocenters. The van der Waals surface area contributed by atoms with Crippen molar-refractivity contribution in [2.75, 3.05) is 17.2 Å². The quantitative estimate of drug-likeness (QED) is 0.789. The van der Waals surface area contributed by atoms with Gasteiger partial charge in [0.05, 0.1) is 5.39 Å². The molecule has 0 radical (unpaired) electrons. The monoisotopic (exact) mass is 319 g/mol. The number of anilines is 1. The SMILES string of the molecule is Cc1nc(N2CCSC3CCCCC32)c2c(C)csc2n1. The minimum Gasteiger partial charge on any atom is -0.351 e. The molecule has 0 N–H and O–H groups in total. The van der Waals surface area contributed by atoms with Crippen molar-refractivity contribution in [3.05, 3.63) is 16.8 Å². The van der Waals surface area contributed by atoms with Gasteiger partial charge in [0.1, 0.15) is 16.5 Å². The van der Waals surface area contributed by atoms with E-state index in [-0.39, 0.29) is 0 Å². The molecule has 3 nitrogen and oxygen atoms in total. The van der Waals surface area contributed by atoms with E-state index in [0.717, 1.165) is 22.4 Å². The van der Waals surface area contributed by atoms with Gasteiger partial charge in [-0.2, -0.15) is 11.8 Å². The Hall–Kier alpha value is -0.810. The normalized spacial score (nSPS) is 26.1. The molecule has 2 atom stereocenters. The lowest BCUT2D eigenvalue weighted by molar-refractivity contribution is 0.421. The van der Waals surface area contributed by atoms with Crippen molar-refractivity contribution in [3.63, 3.8) is 0 Å². The molecule has 0 amide bonds. The van der Waals surface area contributed by atoms with E-state index in [9.17, 15) is 0 Å². The summed E-state index contributed by atoms with van der Waals surface area (Å²) in [5.74, 6) is 3.34. The number of aryl methyl sites for hydroxylation is 2. The maximum absolute atomic E-state index is 4.86. The van der Waals surface area contributed by atoms with Crippen LogP contribution >= 0.6 is 23.1 Å². The summed E-state index contributed by atoms with van der Waals surface area (Å²) in [6.07, 6.45) is 5.47. The number of nitrogens with zero attached hydrogens (tertiary/aromatic N) is 3. The van der Waals surface area contributed by atoms with Crippen LogP contribution in [-0.4, -0.2) is 33.6 Å². The van der Waals surface area contributed by atoms with E-state index in [0.29, 0.717) is 6.04 Å². The average Bonchev–Trinajstić information content (AvgIpc) is 2.87. The van der Waals surface area contributed by atoms with E-state index in [1.165, 1.54) is 48.2 Å². The zero-order valence-electron chi connectivity index (χ0n) is 12.6. The summed E-state index contributed by atoms with van der Waals surface area (Å²) in [6, 6.07) is 0.675. The number of thiophene rings is 1. The topological polar surface area (TPSA) is 29.0 Å². The lowest BCUT2D eigenvalue weighted by atomic mass is 9.93. The van der Waals surface area contributed by atoms with Gasteiger partial charge in [-0.05, 0) is 37.6 Å². The highest BCUT2D eigenvalue weighted by molar-refractivity contribution is 8.00. The van der Waals surface area contributed by atoms with Crippen LogP contribution in [0.3, 0.4) is 0 Å². The van der Waals surface area contributed by atoms with Gasteiger partial charge in [-0.25, -0.2) is 9.97 Å². The van der Waals surface area contributed by atoms with Crippen LogP contribution in [-0.2, 0) is 0 Å². The molecule has 5 heteroatoms. The second kappa shape index (κ2) is 5.43. The summed E-state index contributed by atoms with van der Waals surface area (Å²) in [7, 11) is 0. The molecule has 4 rings (SSSR count). The number of fused-ring (bicyclic) bond motifs is 2. The Morgan fingerprint density at radius 2 is 2.05 bits per heavy atom. The highest BCUT2D eigenvalue weighted by Gasteiger charge is 2.35. The van der Waals surface area contributed by atoms with Gasteiger partial charge >= 0.3 is 0 Å². The van der Waals surface area contributed by atoms with Gasteiger partial charge in [0.2, 0.25) is 0 Å². The molecule has 2 aromatic heterocycles. The zero-order chi connectivity index (χ0) is 14.4. The minimum atomic E-state index is 0.675. The molecule has 1 saturated carbocycles. The lowest BCUT2D eigenvalue weighted by Crippen LogP contribution is -2.49. The van der Waals surface area contributed by atoms with Crippen molar-refractivity contribution in [3.8, 4) is 0 Å². The number of hydrogen-bond donors (Lipinski definition) is 0. The van der Waals surface area contributed by atoms with E-state index in [1.54, 1.807) is 11.3 Å². The third-order valence-electron chi connectivity index (χ3n) is 4.71. The fourth-order valence-electron chi connectivity index (χ4n) is 3.73. The maximum Gasteiger partial charge on any atom is 0.141 e. The van der Waals surface area contributed by atoms with Crippen LogP contribution in [0.1, 0.15) is 37.1 Å². The second-order valence-electron chi connectivity index (χ2n) is 6.15. The van der Waals surface area contributed by atoms with E-state index in [2.05, 4.69) is 33.9 Å². The molecule has 21 heavy (non-hydrogen) atoms. The summed E-state index contributed by atoms with van der Waals surface area (Å²) in [5, 5.41) is 4.32. The molecule has 2 aliphatic rings. The predicted molar refractivity (Wildman–Crippen MR) is 92.7 cm³/mol. The summed E-state index contributed by atoms with van der Waals surface area (Å²) < 4.78 is 0. The highest BCUT2D eigenvalue weighted by atomic mass is 32.2. The van der Waals surface area contributed by atoms with Crippen molar-refractivity contribution in [1.29, 1.82) is 0 Å². The van der Waals surface area contributed by atoms with E-state index in [4.69, 9.17) is 4.98 Å². The Kier molecular flexibility index (Phi) is 3.58. The number of aromatic nitrogens is 2. The Labute approximate surface area is 134 Å². The number of rotatable bonds is 1. The van der Waals surface area contributed by atoms with E-state index < -0.39 is 0 Å². The van der Waals surface area contributed by atoms with E-state index in [1.807, 2.05) is 6.92 Å². The molecule has 112 valence electrons. The fraction of sp³-hybridized carbons (Fsp3) is 0.625. The van der Waals surface area contributed by atoms with Crippen LogP contribution in [0.4, 0.5) is 5.82 Å². The Bertz CT molecular complexity index is 665. The van der Waals surface area contributed by atoms with Crippen molar-refractivity contribution >= 4 is 39.1 Å². The third kappa shape index (κ3) is 2.34. The molecule has 0 spiro atoms. The van der Waals surface area contributed by atoms with Gasteiger partial charge in [-0.3, -0.25) is 0 Å². The number of hydrogen-bond acceptors (Lipinski definition) is 5. The summed E-state index contributed by atoms with van der Waals surface area (Å²) >= 11 is 3.93. The van der Waals surface area contributed by atoms with Gasteiger partial charge in [-0.1, -0.05) is 12.8 Å². The fourth-order valence-corrected chi connectivity index (χ4v) is 6.14. The molecule has 2 aromatic rings. The van der Waals surface area contributed by atoms with Crippen LogP contribution < -0.4 is 4.90 Å². The van der Waals surface area contributed by atoms with E-state index >= 15 is 0 Å². The second-order valence-corrected chi connectivity index (χ2v) is 8.35. The van der Waals surface area contributed by atoms with Crippen molar-refractivity contribution in [1.82, 2.24) is 9.97 Å². The van der Waals surface area contributed by atoms with Gasteiger partial charge in [0.25, 0.3) is 0 Å². The first kappa shape index (κ1) is 13.8. The molecule has 3 heterocycles. The van der Waals surface area contributed by atoms with Crippen LogP contribution in [0.15, 0.2) is 5.38 Å². The highest BCUT2D eigenvalue weighted by Crippen LogP contribution is 2.40.